The molecule has 2 rings (SSSR count). The molecule has 0 aliphatic carbocycles. The molecule has 82 valence electrons. The first-order valence-electron chi connectivity index (χ1n) is 4.69. The highest BCUT2D eigenvalue weighted by Crippen LogP contribution is 2.13. The van der Waals surface area contributed by atoms with Crippen LogP contribution in [-0.2, 0) is 6.54 Å². The van der Waals surface area contributed by atoms with Gasteiger partial charge >= 0.3 is 5.69 Å². The van der Waals surface area contributed by atoms with Gasteiger partial charge in [-0.25, -0.2) is 4.68 Å². The third-order valence-electron chi connectivity index (χ3n) is 2.22. The summed E-state index contributed by atoms with van der Waals surface area (Å²) in [7, 11) is 0. The van der Waals surface area contributed by atoms with Gasteiger partial charge in [0.2, 0.25) is 0 Å². The van der Waals surface area contributed by atoms with Crippen molar-refractivity contribution in [2.45, 2.75) is 6.54 Å². The highest BCUT2D eigenvalue weighted by molar-refractivity contribution is 5.36. The summed E-state index contributed by atoms with van der Waals surface area (Å²) in [5.74, 6) is 0. The number of hydrogen-bond acceptors (Lipinski definition) is 4. The number of benzene rings is 1. The Labute approximate surface area is 91.5 Å². The second-order valence-electron chi connectivity index (χ2n) is 3.27. The predicted molar refractivity (Wildman–Crippen MR) is 58.1 cm³/mol. The van der Waals surface area contributed by atoms with Crippen molar-refractivity contribution in [2.75, 3.05) is 0 Å². The second-order valence-corrected chi connectivity index (χ2v) is 3.27. The normalized spacial score (nSPS) is 10.3. The van der Waals surface area contributed by atoms with E-state index in [1.807, 2.05) is 24.3 Å². The zero-order valence-electron chi connectivity index (χ0n) is 8.41. The number of aromatic nitrogens is 2. The van der Waals surface area contributed by atoms with Crippen molar-refractivity contribution in [1.82, 2.24) is 9.78 Å². The maximum atomic E-state index is 10.5. The van der Waals surface area contributed by atoms with Crippen LogP contribution in [0.5, 0.6) is 0 Å². The monoisotopic (exact) mass is 218 g/mol. The summed E-state index contributed by atoms with van der Waals surface area (Å²) in [4.78, 5) is 10.0. The lowest BCUT2D eigenvalue weighted by Gasteiger charge is -2.01. The average Bonchev–Trinajstić information content (AvgIpc) is 2.78. The van der Waals surface area contributed by atoms with Crippen LogP contribution in [0.15, 0.2) is 36.7 Å². The van der Waals surface area contributed by atoms with E-state index in [1.165, 1.54) is 17.1 Å². The van der Waals surface area contributed by atoms with Crippen LogP contribution in [0.4, 0.5) is 5.69 Å². The van der Waals surface area contributed by atoms with Crippen LogP contribution in [0, 0.1) is 10.1 Å². The molecule has 0 amide bonds. The van der Waals surface area contributed by atoms with E-state index in [9.17, 15) is 10.1 Å². The fourth-order valence-corrected chi connectivity index (χ4v) is 1.33. The van der Waals surface area contributed by atoms with Crippen molar-refractivity contribution >= 4 is 5.69 Å². The molecule has 0 atom stereocenters. The number of hydrogen-bond donors (Lipinski definition) is 1. The Morgan fingerprint density at radius 2 is 2.06 bits per heavy atom. The van der Waals surface area contributed by atoms with Crippen molar-refractivity contribution in [1.29, 1.82) is 0 Å². The van der Waals surface area contributed by atoms with Crippen molar-refractivity contribution in [2.24, 2.45) is 5.73 Å². The predicted octanol–water partition coefficient (Wildman–Crippen LogP) is 1.24. The van der Waals surface area contributed by atoms with Gasteiger partial charge in [-0.05, 0) is 17.7 Å². The summed E-state index contributed by atoms with van der Waals surface area (Å²) < 4.78 is 1.46. The molecule has 0 saturated heterocycles. The fourth-order valence-electron chi connectivity index (χ4n) is 1.33. The molecule has 0 bridgehead atoms. The molecule has 0 unspecified atom stereocenters. The van der Waals surface area contributed by atoms with Gasteiger partial charge < -0.3 is 5.73 Å². The molecule has 0 radical (unpaired) electrons. The Bertz CT molecular complexity index is 504. The van der Waals surface area contributed by atoms with Crippen LogP contribution in [0.25, 0.3) is 5.69 Å². The van der Waals surface area contributed by atoms with Crippen LogP contribution in [-0.4, -0.2) is 14.7 Å². The van der Waals surface area contributed by atoms with E-state index < -0.39 is 4.92 Å². The SMILES string of the molecule is NCc1ccc(-n2cc([N+](=O)[O-])cn2)cc1. The topological polar surface area (TPSA) is 87.0 Å². The van der Waals surface area contributed by atoms with Crippen LogP contribution in [0.3, 0.4) is 0 Å². The van der Waals surface area contributed by atoms with E-state index in [0.29, 0.717) is 6.54 Å². The van der Waals surface area contributed by atoms with Crippen LogP contribution < -0.4 is 5.73 Å². The highest BCUT2D eigenvalue weighted by atomic mass is 16.6. The van der Waals surface area contributed by atoms with Crippen LogP contribution >= 0.6 is 0 Å². The van der Waals surface area contributed by atoms with E-state index in [4.69, 9.17) is 5.73 Å². The molecule has 0 saturated carbocycles. The van der Waals surface area contributed by atoms with E-state index in [-0.39, 0.29) is 5.69 Å². The zero-order chi connectivity index (χ0) is 11.5. The smallest absolute Gasteiger partial charge is 0.307 e. The van der Waals surface area contributed by atoms with Crippen molar-refractivity contribution < 1.29 is 4.92 Å². The molecule has 2 aromatic rings. The quantitative estimate of drug-likeness (QED) is 0.620. The first-order valence-corrected chi connectivity index (χ1v) is 4.69. The van der Waals surface area contributed by atoms with Crippen LogP contribution in [0.2, 0.25) is 0 Å². The molecule has 0 spiro atoms. The molecule has 0 aliphatic heterocycles. The molecular formula is C10H10N4O2. The Morgan fingerprint density at radius 3 is 2.56 bits per heavy atom. The molecular weight excluding hydrogens is 208 g/mol. The van der Waals surface area contributed by atoms with Gasteiger partial charge in [0.15, 0.2) is 0 Å². The lowest BCUT2D eigenvalue weighted by atomic mass is 10.2. The fraction of sp³-hybridized carbons (Fsp3) is 0.100. The summed E-state index contributed by atoms with van der Waals surface area (Å²) in [6.45, 7) is 0.472. The number of rotatable bonds is 3. The third kappa shape index (κ3) is 1.91. The second kappa shape index (κ2) is 4.11. The molecule has 16 heavy (non-hydrogen) atoms. The van der Waals surface area contributed by atoms with Gasteiger partial charge in [0.05, 0.1) is 10.6 Å². The third-order valence-corrected chi connectivity index (χ3v) is 2.22. The summed E-state index contributed by atoms with van der Waals surface area (Å²) in [6.07, 6.45) is 2.59. The standard InChI is InChI=1S/C10H10N4O2/c11-5-8-1-3-9(4-2-8)13-7-10(6-12-13)14(15)16/h1-4,6-7H,5,11H2. The van der Waals surface area contributed by atoms with Gasteiger partial charge in [0, 0.05) is 6.54 Å². The summed E-state index contributed by atoms with van der Waals surface area (Å²) in [5, 5.41) is 14.4. The molecule has 1 aromatic heterocycles. The van der Waals surface area contributed by atoms with Gasteiger partial charge in [0.25, 0.3) is 0 Å². The van der Waals surface area contributed by atoms with E-state index >= 15 is 0 Å². The Balaban J connectivity index is 2.31. The largest absolute Gasteiger partial charge is 0.326 e. The van der Waals surface area contributed by atoms with Crippen molar-refractivity contribution in [3.8, 4) is 5.69 Å². The summed E-state index contributed by atoms with van der Waals surface area (Å²) >= 11 is 0. The molecule has 6 nitrogen and oxygen atoms in total. The van der Waals surface area contributed by atoms with Gasteiger partial charge in [-0.3, -0.25) is 10.1 Å². The molecule has 1 aromatic carbocycles. The van der Waals surface area contributed by atoms with Crippen LogP contribution in [0.1, 0.15) is 5.56 Å². The lowest BCUT2D eigenvalue weighted by Crippen LogP contribution is -1.98. The highest BCUT2D eigenvalue weighted by Gasteiger charge is 2.09. The van der Waals surface area contributed by atoms with E-state index in [1.54, 1.807) is 0 Å². The molecule has 0 fully saturated rings. The number of nitro groups is 1. The zero-order valence-corrected chi connectivity index (χ0v) is 8.41. The first kappa shape index (κ1) is 10.3. The number of nitrogens with zero attached hydrogens (tertiary/aromatic N) is 3. The molecule has 2 N–H and O–H groups in total. The van der Waals surface area contributed by atoms with Gasteiger partial charge in [-0.15, -0.1) is 0 Å². The Kier molecular flexibility index (Phi) is 2.65. The number of nitrogens with two attached hydrogens (primary N) is 1. The minimum absolute atomic E-state index is 0.0251. The van der Waals surface area contributed by atoms with Crippen molar-refractivity contribution in [3.05, 3.63) is 52.3 Å². The summed E-state index contributed by atoms with van der Waals surface area (Å²) in [5.41, 5.74) is 7.22. The summed E-state index contributed by atoms with van der Waals surface area (Å²) in [6, 6.07) is 7.36. The molecule has 1 heterocycles. The molecule has 6 heteroatoms. The lowest BCUT2D eigenvalue weighted by molar-refractivity contribution is -0.384. The van der Waals surface area contributed by atoms with Gasteiger partial charge in [-0.2, -0.15) is 5.10 Å². The Morgan fingerprint density at radius 1 is 1.38 bits per heavy atom. The Hall–Kier alpha value is -2.21. The van der Waals surface area contributed by atoms with Gasteiger partial charge in [0.1, 0.15) is 12.4 Å². The van der Waals surface area contributed by atoms with Crippen molar-refractivity contribution in [3.63, 3.8) is 0 Å². The van der Waals surface area contributed by atoms with E-state index in [2.05, 4.69) is 5.10 Å². The maximum Gasteiger partial charge on any atom is 0.307 e. The van der Waals surface area contributed by atoms with Gasteiger partial charge in [-0.1, -0.05) is 12.1 Å². The maximum absolute atomic E-state index is 10.5. The van der Waals surface area contributed by atoms with E-state index in [0.717, 1.165) is 11.3 Å². The minimum Gasteiger partial charge on any atom is -0.326 e. The average molecular weight is 218 g/mol. The minimum atomic E-state index is -0.474. The first-order chi connectivity index (χ1) is 7.70. The molecule has 0 aliphatic rings.